The number of hydrogen-bond acceptors (Lipinski definition) is 18. The van der Waals surface area contributed by atoms with Gasteiger partial charge in [-0.25, -0.2) is 4.79 Å². The van der Waals surface area contributed by atoms with Crippen LogP contribution in [-0.4, -0.2) is 136 Å². The van der Waals surface area contributed by atoms with Crippen molar-refractivity contribution < 1.29 is 146 Å². The molecule has 460 valence electrons. The fourth-order valence-corrected chi connectivity index (χ4v) is 9.50. The molecule has 13 amide bonds. The molecule has 9 N–H and O–H groups in total. The molecule has 3 atom stereocenters. The Bertz CT molecular complexity index is 3190. The van der Waals surface area contributed by atoms with Crippen molar-refractivity contribution in [2.45, 2.75) is 129 Å². The number of halogens is 6. The van der Waals surface area contributed by atoms with E-state index < -0.39 is 114 Å². The summed E-state index contributed by atoms with van der Waals surface area (Å²) in [5.74, 6) is -6.65. The number of amides is 13. The van der Waals surface area contributed by atoms with Gasteiger partial charge >= 0.3 is 71.0 Å². The summed E-state index contributed by atoms with van der Waals surface area (Å²) in [6, 6.07) is 11.7. The smallest absolute Gasteiger partial charge is 0.473 e. The standard InChI is InChI=1S/C20H22N2O6.C14H13N3O4.C13H9BrN2O4.C6H12NO2.BF3.ClH.FH.K.H3N/c1-20(2,3)28-15(24)10-7-11-5-4-6-12-16(11)19(27)22(18(12)26)13-8-9-14(23)21-17(13)25;15-6-7-2-1-3-8-11(7)14(21)17(13(8)20)9-4-5-10(18)16-12(9)19;14-7-3-1-2-6-10(7)13(20)16(12(6)19)8-4-5-9(17)15-11(8)18;1-6(2,3)9-5(8)7-4;2-1(3)4;;;;/h4-6,13H,7-10H2,1-3H3,(H,21,23,25);1-3,9H,4-6,15H2,(H,16,18,19);1-3,8H,4-5H2,(H,15,17,18);4H2,1-3H3,(H,7,8);;2*1H;;1H3/q;;;-1;;;;+1;/i/hT. The van der Waals surface area contributed by atoms with Crippen LogP contribution in [0.3, 0.4) is 0 Å². The molecule has 0 spiro atoms. The molecule has 0 aromatic heterocycles. The number of hydrogen-bond donors (Lipinski definition) is 6. The van der Waals surface area contributed by atoms with E-state index in [9.17, 15) is 80.1 Å². The second kappa shape index (κ2) is 32.9. The van der Waals surface area contributed by atoms with E-state index in [0.717, 1.165) is 14.7 Å². The summed E-state index contributed by atoms with van der Waals surface area (Å²) in [5.41, 5.74) is 7.15. The molecule has 3 saturated heterocycles. The normalized spacial score (nSPS) is 18.3. The van der Waals surface area contributed by atoms with Crippen LogP contribution in [0.1, 0.15) is 160 Å². The van der Waals surface area contributed by atoms with Gasteiger partial charge in [0.15, 0.2) is 0 Å². The van der Waals surface area contributed by atoms with Gasteiger partial charge in [0.25, 0.3) is 36.9 Å². The third-order valence-corrected chi connectivity index (χ3v) is 13.0. The largest absolute Gasteiger partial charge is 1.00 e. The van der Waals surface area contributed by atoms with Crippen molar-refractivity contribution in [1.82, 2.24) is 42.1 Å². The Morgan fingerprint density at radius 3 is 1.27 bits per heavy atom. The number of piperidine rings is 3. The Kier molecular flexibility index (Phi) is 28.9. The van der Waals surface area contributed by atoms with E-state index in [2.05, 4.69) is 45.7 Å². The molecule has 0 bridgehead atoms. The van der Waals surface area contributed by atoms with Crippen molar-refractivity contribution in [1.29, 1.82) is 1.45 Å². The van der Waals surface area contributed by atoms with E-state index in [1.165, 1.54) is 6.07 Å². The Hall–Kier alpha value is -6.65. The number of esters is 1. The summed E-state index contributed by atoms with van der Waals surface area (Å²) in [6.07, 6.45) is 0.495. The average molecular weight is 1320 g/mol. The Morgan fingerprint density at radius 1 is 0.628 bits per heavy atom. The van der Waals surface area contributed by atoms with Crippen molar-refractivity contribution >= 4 is 119 Å². The zero-order chi connectivity index (χ0) is 63.3. The van der Waals surface area contributed by atoms with E-state index >= 15 is 0 Å². The van der Waals surface area contributed by atoms with E-state index in [-0.39, 0.29) is 167 Å². The number of nitrogens with zero attached hydrogens (tertiary/aromatic N) is 3. The minimum atomic E-state index is -3.67. The molecular weight excluding hydrogens is 1260 g/mol. The predicted octanol–water partition coefficient (Wildman–Crippen LogP) is 1.68. The van der Waals surface area contributed by atoms with Crippen molar-refractivity contribution in [2.24, 2.45) is 5.73 Å². The SMILES string of the molecule is CC(C)(C)OC(=O)CCc1cccc2c1C(=O)N(C1CCC(=O)NC1=O)C2=O.Cl.FB(F)F.N.NCc1cccc2c1C(=O)N(C1CCC(=O)NC1=O)C2=O.O=C1CCC(N2C(=O)c3cccc(Br)c3C2=O)C(=O)N1.[3H]F.[CH2-]NC(=O)OC(C)(C)C.[K+]. The van der Waals surface area contributed by atoms with Crippen LogP contribution >= 0.6 is 28.3 Å². The van der Waals surface area contributed by atoms with Gasteiger partial charge in [-0.1, -0.05) is 30.3 Å². The molecule has 3 aromatic carbocycles. The molecule has 86 heavy (non-hydrogen) atoms. The zero-order valence-corrected chi connectivity index (χ0v) is 53.1. The van der Waals surface area contributed by atoms with Crippen LogP contribution in [0, 0.1) is 7.05 Å². The minimum absolute atomic E-state index is 0. The summed E-state index contributed by atoms with van der Waals surface area (Å²) in [7, 11) is -0.521. The Morgan fingerprint density at radius 2 is 0.953 bits per heavy atom. The minimum Gasteiger partial charge on any atom is -0.473 e. The van der Waals surface area contributed by atoms with Crippen molar-refractivity contribution in [2.75, 3.05) is 0 Å². The number of aryl methyl sites for hydroxylation is 1. The molecule has 6 aliphatic rings. The van der Waals surface area contributed by atoms with Gasteiger partial charge in [0.1, 0.15) is 29.3 Å². The first-order valence-electron chi connectivity index (χ1n) is 25.5. The summed E-state index contributed by atoms with van der Waals surface area (Å²) in [5, 5.41) is 8.58. The number of carbonyl (C=O) groups is 14. The quantitative estimate of drug-likeness (QED) is 0.0644. The third kappa shape index (κ3) is 19.2. The Labute approximate surface area is 548 Å². The molecule has 0 aliphatic carbocycles. The molecule has 33 heteroatoms. The average Bonchev–Trinajstić information content (AvgIpc) is 1.65. The fourth-order valence-electron chi connectivity index (χ4n) is 8.97. The molecule has 0 saturated carbocycles. The maximum atomic E-state index is 13.0. The van der Waals surface area contributed by atoms with Gasteiger partial charge in [0.2, 0.25) is 35.4 Å². The molecule has 3 unspecified atom stereocenters. The fraction of sp³-hybridized carbons (Fsp3) is 0.377. The van der Waals surface area contributed by atoms with E-state index in [1.54, 1.807) is 90.1 Å². The Balaban J connectivity index is 0.000000581. The van der Waals surface area contributed by atoms with Gasteiger partial charge < -0.3 is 26.7 Å². The van der Waals surface area contributed by atoms with E-state index in [1.807, 2.05) is 0 Å². The van der Waals surface area contributed by atoms with E-state index in [4.69, 9.17) is 19.9 Å². The first kappa shape index (κ1) is 75.5. The predicted molar refractivity (Wildman–Crippen MR) is 298 cm³/mol. The summed E-state index contributed by atoms with van der Waals surface area (Å²) < 4.78 is 52.6. The van der Waals surface area contributed by atoms with Gasteiger partial charge in [-0.05, 0) is 119 Å². The topological polar surface area (TPSA) is 376 Å². The van der Waals surface area contributed by atoms with E-state index in [0.29, 0.717) is 15.6 Å². The summed E-state index contributed by atoms with van der Waals surface area (Å²) in [4.78, 5) is 170. The third-order valence-electron chi connectivity index (χ3n) is 12.3. The summed E-state index contributed by atoms with van der Waals surface area (Å²) in [6.45, 7) is 10.8. The number of imide groups is 6. The molecule has 0 radical (unpaired) electrons. The molecule has 6 aliphatic heterocycles. The number of nitrogens with two attached hydrogens (primary N) is 1. The molecule has 3 aromatic rings. The number of benzene rings is 3. The van der Waals surface area contributed by atoms with Gasteiger partial charge in [0.05, 0.1) is 33.4 Å². The molecular formula is C53H61BBrClF4KN9O16. The summed E-state index contributed by atoms with van der Waals surface area (Å²) >= 11 is 3.24. The second-order valence-corrected chi connectivity index (χ2v) is 21.3. The van der Waals surface area contributed by atoms with Gasteiger partial charge in [-0.3, -0.25) is 118 Å². The number of fused-ring (bicyclic) bond motifs is 3. The number of nitrogens with one attached hydrogen (secondary N) is 4. The van der Waals surface area contributed by atoms with Crippen LogP contribution in [0.4, 0.5) is 22.5 Å². The molecule has 25 nitrogen and oxygen atoms in total. The van der Waals surface area contributed by atoms with Crippen LogP contribution in [0.5, 0.6) is 0 Å². The van der Waals surface area contributed by atoms with Crippen LogP contribution in [0.15, 0.2) is 59.1 Å². The molecule has 6 heterocycles. The van der Waals surface area contributed by atoms with Crippen LogP contribution in [0.2, 0.25) is 0 Å². The van der Waals surface area contributed by atoms with Crippen molar-refractivity contribution in [3.8, 4) is 0 Å². The van der Waals surface area contributed by atoms with Crippen LogP contribution < -0.4 is 84.5 Å². The van der Waals surface area contributed by atoms with Crippen LogP contribution in [0.25, 0.3) is 0 Å². The zero-order valence-electron chi connectivity index (χ0n) is 48.5. The number of ether oxygens (including phenoxy) is 2. The number of carbonyl (C=O) groups excluding carboxylic acids is 14. The second-order valence-electron chi connectivity index (χ2n) is 20.4. The maximum Gasteiger partial charge on any atom is 1.00 e. The van der Waals surface area contributed by atoms with Crippen LogP contribution in [-0.2, 0) is 56.0 Å². The maximum absolute atomic E-state index is 13.0. The first-order valence-corrected chi connectivity index (χ1v) is 25.9. The molecule has 3 fully saturated rings. The number of alkyl carbamates (subject to hydrolysis) is 1. The number of rotatable bonds is 7. The van der Waals surface area contributed by atoms with Crippen molar-refractivity contribution in [3.05, 3.63) is 111 Å². The van der Waals surface area contributed by atoms with Gasteiger partial charge in [-0.2, -0.15) is 0 Å². The monoisotopic (exact) mass is 1320 g/mol. The first-order chi connectivity index (χ1) is 39.3. The van der Waals surface area contributed by atoms with Gasteiger partial charge in [-0.15, -0.1) is 12.4 Å². The molecule has 9 rings (SSSR count). The van der Waals surface area contributed by atoms with Gasteiger partial charge in [0, 0.05) is 36.7 Å². The van der Waals surface area contributed by atoms with Crippen molar-refractivity contribution in [3.63, 3.8) is 0 Å².